The van der Waals surface area contributed by atoms with Crippen molar-refractivity contribution in [1.29, 1.82) is 0 Å². The number of hydrogen-bond donors (Lipinski definition) is 2. The predicted octanol–water partition coefficient (Wildman–Crippen LogP) is -0.948. The summed E-state index contributed by atoms with van der Waals surface area (Å²) < 4.78 is 0. The summed E-state index contributed by atoms with van der Waals surface area (Å²) in [6, 6.07) is 0. The molecule has 20 heavy (non-hydrogen) atoms. The van der Waals surface area contributed by atoms with Gasteiger partial charge in [-0.1, -0.05) is 10.4 Å². The Morgan fingerprint density at radius 2 is 2.10 bits per heavy atom. The van der Waals surface area contributed by atoms with Crippen LogP contribution in [0, 0.1) is 0 Å². The van der Waals surface area contributed by atoms with Gasteiger partial charge < -0.3 is 4.90 Å². The number of hydrogen-bond acceptors (Lipinski definition) is 7. The van der Waals surface area contributed by atoms with Crippen LogP contribution in [0.15, 0.2) is 0 Å². The monoisotopic (exact) mass is 277 g/mol. The lowest BCUT2D eigenvalue weighted by Gasteiger charge is -2.15. The van der Waals surface area contributed by atoms with E-state index >= 15 is 0 Å². The van der Waals surface area contributed by atoms with Crippen LogP contribution < -0.4 is 0 Å². The van der Waals surface area contributed by atoms with Crippen molar-refractivity contribution in [1.82, 2.24) is 46.1 Å². The minimum atomic E-state index is 0.152. The first-order valence-corrected chi connectivity index (χ1v) is 6.56. The molecule has 3 rings (SSSR count). The molecular formula is C10H15N9O. The summed E-state index contributed by atoms with van der Waals surface area (Å²) in [7, 11) is 0. The van der Waals surface area contributed by atoms with Crippen LogP contribution in [-0.2, 0) is 11.2 Å². The Hall–Kier alpha value is -2.39. The van der Waals surface area contributed by atoms with Crippen LogP contribution in [0.5, 0.6) is 0 Å². The molecule has 0 spiro atoms. The average molecular weight is 277 g/mol. The molecule has 3 heterocycles. The first-order chi connectivity index (χ1) is 9.83. The van der Waals surface area contributed by atoms with Gasteiger partial charge in [0.2, 0.25) is 5.91 Å². The van der Waals surface area contributed by atoms with Crippen molar-refractivity contribution in [2.45, 2.75) is 31.6 Å². The SMILES string of the molecule is O=C(CCCc1nn[nH]n1)N1CCC(c2nn[nH]n2)C1. The van der Waals surface area contributed by atoms with Gasteiger partial charge >= 0.3 is 0 Å². The third-order valence-electron chi connectivity index (χ3n) is 3.45. The van der Waals surface area contributed by atoms with Gasteiger partial charge in [0.25, 0.3) is 0 Å². The Bertz CT molecular complexity index is 537. The fourth-order valence-electron chi connectivity index (χ4n) is 2.38. The number of aryl methyl sites for hydroxylation is 1. The molecule has 0 saturated carbocycles. The second-order valence-corrected chi connectivity index (χ2v) is 4.78. The molecule has 0 bridgehead atoms. The summed E-state index contributed by atoms with van der Waals surface area (Å²) in [6.07, 6.45) is 2.76. The van der Waals surface area contributed by atoms with E-state index in [1.165, 1.54) is 0 Å². The van der Waals surface area contributed by atoms with Gasteiger partial charge in [-0.15, -0.1) is 20.4 Å². The molecule has 1 aliphatic heterocycles. The van der Waals surface area contributed by atoms with E-state index in [-0.39, 0.29) is 11.8 Å². The highest BCUT2D eigenvalue weighted by molar-refractivity contribution is 5.76. The molecular weight excluding hydrogens is 262 g/mol. The summed E-state index contributed by atoms with van der Waals surface area (Å²) in [5.41, 5.74) is 0. The summed E-state index contributed by atoms with van der Waals surface area (Å²) in [5.74, 6) is 1.67. The van der Waals surface area contributed by atoms with Crippen LogP contribution in [0.25, 0.3) is 0 Å². The fourth-order valence-corrected chi connectivity index (χ4v) is 2.38. The molecule has 10 heteroatoms. The zero-order chi connectivity index (χ0) is 13.8. The van der Waals surface area contributed by atoms with Crippen LogP contribution in [0.2, 0.25) is 0 Å². The van der Waals surface area contributed by atoms with Gasteiger partial charge in [0.15, 0.2) is 11.6 Å². The highest BCUT2D eigenvalue weighted by atomic mass is 16.2. The molecule has 0 radical (unpaired) electrons. The van der Waals surface area contributed by atoms with Crippen LogP contribution in [0.3, 0.4) is 0 Å². The maximum atomic E-state index is 12.1. The lowest BCUT2D eigenvalue weighted by Crippen LogP contribution is -2.28. The number of tetrazole rings is 2. The molecule has 0 aliphatic carbocycles. The molecule has 0 aromatic carbocycles. The maximum Gasteiger partial charge on any atom is 0.222 e. The summed E-state index contributed by atoms with van der Waals surface area (Å²) in [6.45, 7) is 1.42. The van der Waals surface area contributed by atoms with Gasteiger partial charge in [-0.3, -0.25) is 4.79 Å². The lowest BCUT2D eigenvalue weighted by molar-refractivity contribution is -0.130. The molecule has 1 saturated heterocycles. The van der Waals surface area contributed by atoms with Crippen molar-refractivity contribution in [3.8, 4) is 0 Å². The molecule has 1 amide bonds. The Balaban J connectivity index is 1.44. The summed E-state index contributed by atoms with van der Waals surface area (Å²) in [4.78, 5) is 13.9. The van der Waals surface area contributed by atoms with Gasteiger partial charge in [0.1, 0.15) is 0 Å². The molecule has 1 fully saturated rings. The number of likely N-dealkylation sites (tertiary alicyclic amines) is 1. The van der Waals surface area contributed by atoms with Crippen molar-refractivity contribution < 1.29 is 4.79 Å². The minimum Gasteiger partial charge on any atom is -0.342 e. The number of nitrogens with zero attached hydrogens (tertiary/aromatic N) is 7. The molecule has 10 nitrogen and oxygen atoms in total. The summed E-state index contributed by atoms with van der Waals surface area (Å²) in [5, 5.41) is 27.5. The molecule has 1 atom stereocenters. The number of aromatic nitrogens is 8. The average Bonchev–Trinajstić information content (AvgIpc) is 3.20. The number of nitrogens with one attached hydrogen (secondary N) is 2. The molecule has 1 aliphatic rings. The first kappa shape index (κ1) is 12.6. The van der Waals surface area contributed by atoms with E-state index in [1.54, 1.807) is 0 Å². The van der Waals surface area contributed by atoms with E-state index in [0.717, 1.165) is 19.4 Å². The Morgan fingerprint density at radius 1 is 1.25 bits per heavy atom. The number of rotatable bonds is 5. The van der Waals surface area contributed by atoms with E-state index in [0.29, 0.717) is 31.0 Å². The van der Waals surface area contributed by atoms with Gasteiger partial charge in [0.05, 0.1) is 0 Å². The Morgan fingerprint density at radius 3 is 2.85 bits per heavy atom. The third-order valence-corrected chi connectivity index (χ3v) is 3.45. The van der Waals surface area contributed by atoms with Gasteiger partial charge in [-0.25, -0.2) is 0 Å². The highest BCUT2D eigenvalue weighted by Gasteiger charge is 2.29. The van der Waals surface area contributed by atoms with Crippen LogP contribution in [-0.4, -0.2) is 65.1 Å². The normalized spacial score (nSPS) is 18.6. The van der Waals surface area contributed by atoms with Crippen molar-refractivity contribution in [3.63, 3.8) is 0 Å². The van der Waals surface area contributed by atoms with Crippen molar-refractivity contribution in [2.75, 3.05) is 13.1 Å². The zero-order valence-electron chi connectivity index (χ0n) is 10.9. The molecule has 1 unspecified atom stereocenters. The van der Waals surface area contributed by atoms with Gasteiger partial charge in [-0.2, -0.15) is 10.4 Å². The number of amides is 1. The number of H-pyrrole nitrogens is 2. The van der Waals surface area contributed by atoms with Crippen molar-refractivity contribution >= 4 is 5.91 Å². The number of carbonyl (C=O) groups is 1. The van der Waals surface area contributed by atoms with Crippen molar-refractivity contribution in [2.24, 2.45) is 0 Å². The topological polar surface area (TPSA) is 129 Å². The smallest absolute Gasteiger partial charge is 0.222 e. The molecule has 2 aromatic rings. The van der Waals surface area contributed by atoms with Crippen LogP contribution in [0.1, 0.15) is 36.8 Å². The van der Waals surface area contributed by atoms with E-state index in [9.17, 15) is 4.79 Å². The second kappa shape index (κ2) is 5.72. The number of carbonyl (C=O) groups excluding carboxylic acids is 1. The first-order valence-electron chi connectivity index (χ1n) is 6.56. The second-order valence-electron chi connectivity index (χ2n) is 4.78. The Kier molecular flexibility index (Phi) is 3.61. The van der Waals surface area contributed by atoms with Crippen LogP contribution >= 0.6 is 0 Å². The lowest BCUT2D eigenvalue weighted by atomic mass is 10.1. The summed E-state index contributed by atoms with van der Waals surface area (Å²) >= 11 is 0. The molecule has 2 N–H and O–H groups in total. The van der Waals surface area contributed by atoms with E-state index < -0.39 is 0 Å². The quantitative estimate of drug-likeness (QED) is 0.720. The molecule has 2 aromatic heterocycles. The minimum absolute atomic E-state index is 0.152. The van der Waals surface area contributed by atoms with Crippen LogP contribution in [0.4, 0.5) is 0 Å². The van der Waals surface area contributed by atoms with Gasteiger partial charge in [0, 0.05) is 31.8 Å². The van der Waals surface area contributed by atoms with E-state index in [4.69, 9.17) is 0 Å². The van der Waals surface area contributed by atoms with E-state index in [2.05, 4.69) is 41.2 Å². The fraction of sp³-hybridized carbons (Fsp3) is 0.700. The van der Waals surface area contributed by atoms with Gasteiger partial charge in [-0.05, 0) is 12.8 Å². The Labute approximate surface area is 114 Å². The third kappa shape index (κ3) is 2.78. The maximum absolute atomic E-state index is 12.1. The standard InChI is InChI=1S/C10H15N9O/c20-9(3-1-2-8-11-15-16-12-8)19-5-4-7(6-19)10-13-17-18-14-10/h7H,1-6H2,(H,11,12,15,16)(H,13,14,17,18). The van der Waals surface area contributed by atoms with E-state index in [1.807, 2.05) is 4.90 Å². The molecule has 106 valence electrons. The van der Waals surface area contributed by atoms with Crippen molar-refractivity contribution in [3.05, 3.63) is 11.6 Å². The predicted molar refractivity (Wildman–Crippen MR) is 65.2 cm³/mol. The zero-order valence-corrected chi connectivity index (χ0v) is 10.9. The largest absolute Gasteiger partial charge is 0.342 e. The number of aromatic amines is 2. The highest BCUT2D eigenvalue weighted by Crippen LogP contribution is 2.24.